The highest BCUT2D eigenvalue weighted by molar-refractivity contribution is 7.89. The summed E-state index contributed by atoms with van der Waals surface area (Å²) in [7, 11) is -3.50. The highest BCUT2D eigenvalue weighted by Gasteiger charge is 2.27. The van der Waals surface area contributed by atoms with E-state index in [-0.39, 0.29) is 17.2 Å². The van der Waals surface area contributed by atoms with Crippen molar-refractivity contribution in [3.05, 3.63) is 60.2 Å². The molecule has 0 unspecified atom stereocenters. The molecule has 6 heteroatoms. The largest absolute Gasteiger partial charge is 0.378 e. The van der Waals surface area contributed by atoms with E-state index in [9.17, 15) is 13.2 Å². The molecule has 5 nitrogen and oxygen atoms in total. The molecule has 1 saturated heterocycles. The molecule has 2 aromatic carbocycles. The van der Waals surface area contributed by atoms with Crippen LogP contribution in [0.15, 0.2) is 59.5 Å². The van der Waals surface area contributed by atoms with Gasteiger partial charge in [0, 0.05) is 24.3 Å². The van der Waals surface area contributed by atoms with Gasteiger partial charge in [-0.2, -0.15) is 4.31 Å². The standard InChI is InChI=1S/C18H20N2O3S/c21-18(14-19-16-8-2-1-3-9-16)15-7-6-10-17(13-15)24(22,23)20-11-4-5-12-20/h1-3,6-10,13,19H,4-5,11-12,14H2. The summed E-state index contributed by atoms with van der Waals surface area (Å²) in [4.78, 5) is 12.5. The molecule has 126 valence electrons. The van der Waals surface area contributed by atoms with Crippen molar-refractivity contribution in [2.75, 3.05) is 25.0 Å². The van der Waals surface area contributed by atoms with Gasteiger partial charge in [-0.05, 0) is 37.1 Å². The van der Waals surface area contributed by atoms with Gasteiger partial charge in [0.1, 0.15) is 0 Å². The van der Waals surface area contributed by atoms with E-state index in [1.54, 1.807) is 18.2 Å². The van der Waals surface area contributed by atoms with Crippen LogP contribution in [0.5, 0.6) is 0 Å². The quantitative estimate of drug-likeness (QED) is 0.818. The number of carbonyl (C=O) groups excluding carboxylic acids is 1. The first-order chi connectivity index (χ1) is 11.6. The topological polar surface area (TPSA) is 66.5 Å². The van der Waals surface area contributed by atoms with Gasteiger partial charge in [0.15, 0.2) is 5.78 Å². The zero-order valence-corrected chi connectivity index (χ0v) is 14.1. The van der Waals surface area contributed by atoms with Crippen LogP contribution in [0.1, 0.15) is 23.2 Å². The van der Waals surface area contributed by atoms with Crippen LogP contribution < -0.4 is 5.32 Å². The number of anilines is 1. The molecule has 0 atom stereocenters. The molecular formula is C18H20N2O3S. The molecule has 1 aliphatic heterocycles. The SMILES string of the molecule is O=C(CNc1ccccc1)c1cccc(S(=O)(=O)N2CCCC2)c1. The number of rotatable bonds is 6. The number of Topliss-reactive ketones (excluding diaryl/α,β-unsaturated/α-hetero) is 1. The number of ketones is 1. The summed E-state index contributed by atoms with van der Waals surface area (Å²) in [5.41, 5.74) is 1.25. The number of nitrogens with zero attached hydrogens (tertiary/aromatic N) is 1. The van der Waals surface area contributed by atoms with Gasteiger partial charge in [0.2, 0.25) is 10.0 Å². The van der Waals surface area contributed by atoms with Crippen LogP contribution in [0.2, 0.25) is 0 Å². The van der Waals surface area contributed by atoms with Gasteiger partial charge in [-0.25, -0.2) is 8.42 Å². The predicted molar refractivity (Wildman–Crippen MR) is 93.7 cm³/mol. The minimum Gasteiger partial charge on any atom is -0.378 e. The molecule has 0 spiro atoms. The number of hydrogen-bond acceptors (Lipinski definition) is 4. The number of nitrogens with one attached hydrogen (secondary N) is 1. The lowest BCUT2D eigenvalue weighted by molar-refractivity contribution is 0.101. The maximum absolute atomic E-state index is 12.6. The van der Waals surface area contributed by atoms with Crippen molar-refractivity contribution >= 4 is 21.5 Å². The maximum Gasteiger partial charge on any atom is 0.243 e. The molecule has 1 aliphatic rings. The predicted octanol–water partition coefficient (Wildman–Crippen LogP) is 2.77. The van der Waals surface area contributed by atoms with Crippen LogP contribution in [0.25, 0.3) is 0 Å². The van der Waals surface area contributed by atoms with Crippen LogP contribution in [-0.2, 0) is 10.0 Å². The molecule has 0 aromatic heterocycles. The fraction of sp³-hybridized carbons (Fsp3) is 0.278. The zero-order chi connectivity index (χ0) is 17.0. The van der Waals surface area contributed by atoms with Crippen molar-refractivity contribution in [1.29, 1.82) is 0 Å². The van der Waals surface area contributed by atoms with Crippen LogP contribution in [0, 0.1) is 0 Å². The third-order valence-corrected chi connectivity index (χ3v) is 5.98. The Kier molecular flexibility index (Phi) is 4.97. The van der Waals surface area contributed by atoms with E-state index in [1.807, 2.05) is 30.3 Å². The summed E-state index contributed by atoms with van der Waals surface area (Å²) in [6.45, 7) is 1.23. The summed E-state index contributed by atoms with van der Waals surface area (Å²) < 4.78 is 26.7. The second kappa shape index (κ2) is 7.15. The Labute approximate surface area is 142 Å². The molecule has 0 aliphatic carbocycles. The Morgan fingerprint density at radius 3 is 2.42 bits per heavy atom. The van der Waals surface area contributed by atoms with Crippen molar-refractivity contribution < 1.29 is 13.2 Å². The van der Waals surface area contributed by atoms with Gasteiger partial charge in [-0.3, -0.25) is 4.79 Å². The average Bonchev–Trinajstić information content (AvgIpc) is 3.16. The highest BCUT2D eigenvalue weighted by Crippen LogP contribution is 2.21. The summed E-state index contributed by atoms with van der Waals surface area (Å²) in [6, 6.07) is 15.7. The van der Waals surface area contributed by atoms with Crippen LogP contribution in [-0.4, -0.2) is 38.1 Å². The van der Waals surface area contributed by atoms with Gasteiger partial charge >= 0.3 is 0 Å². The lowest BCUT2D eigenvalue weighted by Gasteiger charge is -2.16. The second-order valence-electron chi connectivity index (χ2n) is 5.78. The molecule has 1 N–H and O–H groups in total. The molecule has 2 aromatic rings. The minimum absolute atomic E-state index is 0.122. The van der Waals surface area contributed by atoms with E-state index in [4.69, 9.17) is 0 Å². The Bertz CT molecular complexity index is 813. The first-order valence-corrected chi connectivity index (χ1v) is 9.44. The first kappa shape index (κ1) is 16.7. The van der Waals surface area contributed by atoms with Crippen molar-refractivity contribution in [2.24, 2.45) is 0 Å². The van der Waals surface area contributed by atoms with Crippen LogP contribution >= 0.6 is 0 Å². The van der Waals surface area contributed by atoms with E-state index in [2.05, 4.69) is 5.32 Å². The van der Waals surface area contributed by atoms with Crippen LogP contribution in [0.3, 0.4) is 0 Å². The van der Waals surface area contributed by atoms with E-state index in [1.165, 1.54) is 10.4 Å². The number of para-hydroxylation sites is 1. The van der Waals surface area contributed by atoms with Gasteiger partial charge < -0.3 is 5.32 Å². The number of hydrogen-bond donors (Lipinski definition) is 1. The Balaban J connectivity index is 1.74. The van der Waals surface area contributed by atoms with Gasteiger partial charge in [-0.15, -0.1) is 0 Å². The van der Waals surface area contributed by atoms with Crippen molar-refractivity contribution in [2.45, 2.75) is 17.7 Å². The first-order valence-electron chi connectivity index (χ1n) is 8.00. The Morgan fingerprint density at radius 2 is 1.71 bits per heavy atom. The van der Waals surface area contributed by atoms with E-state index in [0.29, 0.717) is 18.7 Å². The number of sulfonamides is 1. The summed E-state index contributed by atoms with van der Waals surface area (Å²) >= 11 is 0. The van der Waals surface area contributed by atoms with Gasteiger partial charge in [0.05, 0.1) is 11.4 Å². The molecule has 0 amide bonds. The monoisotopic (exact) mass is 344 g/mol. The lowest BCUT2D eigenvalue weighted by Crippen LogP contribution is -2.28. The summed E-state index contributed by atoms with van der Waals surface area (Å²) in [5, 5.41) is 3.05. The third-order valence-electron chi connectivity index (χ3n) is 4.09. The molecule has 0 bridgehead atoms. The average molecular weight is 344 g/mol. The van der Waals surface area contributed by atoms with E-state index < -0.39 is 10.0 Å². The van der Waals surface area contributed by atoms with Crippen molar-refractivity contribution in [1.82, 2.24) is 4.31 Å². The molecular weight excluding hydrogens is 324 g/mol. The molecule has 24 heavy (non-hydrogen) atoms. The third kappa shape index (κ3) is 3.66. The molecule has 3 rings (SSSR count). The fourth-order valence-corrected chi connectivity index (χ4v) is 4.31. The smallest absolute Gasteiger partial charge is 0.243 e. The second-order valence-corrected chi connectivity index (χ2v) is 7.72. The molecule has 0 radical (unpaired) electrons. The van der Waals surface area contributed by atoms with Gasteiger partial charge in [0.25, 0.3) is 0 Å². The Hall–Kier alpha value is -2.18. The van der Waals surface area contributed by atoms with Crippen LogP contribution in [0.4, 0.5) is 5.69 Å². The van der Waals surface area contributed by atoms with E-state index >= 15 is 0 Å². The zero-order valence-electron chi connectivity index (χ0n) is 13.3. The van der Waals surface area contributed by atoms with Crippen molar-refractivity contribution in [3.8, 4) is 0 Å². The van der Waals surface area contributed by atoms with Crippen molar-refractivity contribution in [3.63, 3.8) is 0 Å². The fourth-order valence-electron chi connectivity index (χ4n) is 2.75. The number of benzene rings is 2. The normalized spacial score (nSPS) is 15.3. The Morgan fingerprint density at radius 1 is 1.00 bits per heavy atom. The lowest BCUT2D eigenvalue weighted by atomic mass is 10.1. The summed E-state index contributed by atoms with van der Waals surface area (Å²) in [5.74, 6) is -0.141. The van der Waals surface area contributed by atoms with E-state index in [0.717, 1.165) is 18.5 Å². The molecule has 1 fully saturated rings. The summed E-state index contributed by atoms with van der Waals surface area (Å²) in [6.07, 6.45) is 1.78. The highest BCUT2D eigenvalue weighted by atomic mass is 32.2. The molecule has 1 heterocycles. The number of carbonyl (C=O) groups is 1. The van der Waals surface area contributed by atoms with Gasteiger partial charge in [-0.1, -0.05) is 30.3 Å². The minimum atomic E-state index is -3.50. The molecule has 0 saturated carbocycles. The maximum atomic E-state index is 12.6.